The molecule has 0 unspecified atom stereocenters. The molecule has 1 N–H and O–H groups in total. The SMILES string of the molecule is CCCCCCS(=O)(=O)Nc1ccc2oc(C)[n+](CC)c2c1.Cc1ccc(S(=O)(=O)[O-])cc1. The third kappa shape index (κ3) is 8.13. The predicted molar refractivity (Wildman–Crippen MR) is 128 cm³/mol. The second kappa shape index (κ2) is 11.6. The van der Waals surface area contributed by atoms with E-state index in [1.165, 1.54) is 12.1 Å². The van der Waals surface area contributed by atoms with E-state index in [0.29, 0.717) is 12.1 Å². The van der Waals surface area contributed by atoms with Crippen molar-refractivity contribution in [3.05, 3.63) is 53.9 Å². The number of anilines is 1. The number of rotatable bonds is 9. The second-order valence-corrected chi connectivity index (χ2v) is 11.0. The average molecular weight is 497 g/mol. The molecule has 3 aromatic rings. The number of aromatic nitrogens is 1. The number of nitrogens with one attached hydrogen (secondary N) is 1. The monoisotopic (exact) mass is 496 g/mol. The Balaban J connectivity index is 0.000000294. The van der Waals surface area contributed by atoms with Crippen LogP contribution < -0.4 is 9.29 Å². The van der Waals surface area contributed by atoms with Gasteiger partial charge >= 0.3 is 5.89 Å². The van der Waals surface area contributed by atoms with Gasteiger partial charge in [-0.05, 0) is 44.5 Å². The zero-order valence-electron chi connectivity index (χ0n) is 19.5. The minimum atomic E-state index is -4.27. The lowest BCUT2D eigenvalue weighted by Gasteiger charge is -2.07. The highest BCUT2D eigenvalue weighted by atomic mass is 32.2. The van der Waals surface area contributed by atoms with E-state index < -0.39 is 20.1 Å². The van der Waals surface area contributed by atoms with Gasteiger partial charge in [-0.2, -0.15) is 4.57 Å². The second-order valence-electron chi connectivity index (χ2n) is 7.80. The summed E-state index contributed by atoms with van der Waals surface area (Å²) < 4.78 is 65.7. The van der Waals surface area contributed by atoms with Crippen molar-refractivity contribution in [3.8, 4) is 0 Å². The van der Waals surface area contributed by atoms with Crippen LogP contribution in [0.4, 0.5) is 5.69 Å². The number of hydrogen-bond donors (Lipinski definition) is 1. The molecule has 182 valence electrons. The summed E-state index contributed by atoms with van der Waals surface area (Å²) in [6.45, 7) is 8.65. The molecule has 0 radical (unpaired) electrons. The van der Waals surface area contributed by atoms with E-state index in [9.17, 15) is 21.4 Å². The first-order valence-corrected chi connectivity index (χ1v) is 14.0. The average Bonchev–Trinajstić information content (AvgIpc) is 3.05. The van der Waals surface area contributed by atoms with E-state index in [0.717, 1.165) is 48.4 Å². The zero-order chi connectivity index (χ0) is 24.6. The highest BCUT2D eigenvalue weighted by molar-refractivity contribution is 7.92. The molecule has 0 spiro atoms. The molecule has 0 atom stereocenters. The molecule has 1 aromatic heterocycles. The van der Waals surface area contributed by atoms with Crippen LogP contribution in [0.2, 0.25) is 0 Å². The number of benzene rings is 2. The van der Waals surface area contributed by atoms with Gasteiger partial charge in [0.25, 0.3) is 5.52 Å². The summed E-state index contributed by atoms with van der Waals surface area (Å²) in [5.41, 5.74) is 3.19. The summed E-state index contributed by atoms with van der Waals surface area (Å²) in [4.78, 5) is -0.178. The fourth-order valence-corrected chi connectivity index (χ4v) is 4.95. The highest BCUT2D eigenvalue weighted by Gasteiger charge is 2.19. The van der Waals surface area contributed by atoms with Crippen LogP contribution in [-0.2, 0) is 26.7 Å². The molecule has 0 saturated carbocycles. The van der Waals surface area contributed by atoms with Crippen LogP contribution in [0, 0.1) is 13.8 Å². The van der Waals surface area contributed by atoms with Crippen molar-refractivity contribution in [1.82, 2.24) is 0 Å². The minimum Gasteiger partial charge on any atom is -0.744 e. The first-order valence-electron chi connectivity index (χ1n) is 10.9. The molecule has 0 saturated heterocycles. The van der Waals surface area contributed by atoms with Gasteiger partial charge in [-0.25, -0.2) is 16.8 Å². The largest absolute Gasteiger partial charge is 0.744 e. The topological polar surface area (TPSA) is 120 Å². The molecular formula is C23H32N2O6S2. The first-order chi connectivity index (χ1) is 15.5. The van der Waals surface area contributed by atoms with Gasteiger partial charge in [0.2, 0.25) is 15.6 Å². The van der Waals surface area contributed by atoms with E-state index >= 15 is 0 Å². The molecule has 0 fully saturated rings. The lowest BCUT2D eigenvalue weighted by atomic mass is 10.2. The number of unbranched alkanes of at least 4 members (excludes halogenated alkanes) is 3. The van der Waals surface area contributed by atoms with Crippen molar-refractivity contribution in [2.75, 3.05) is 10.5 Å². The molecule has 0 aliphatic heterocycles. The van der Waals surface area contributed by atoms with Crippen LogP contribution in [-0.4, -0.2) is 27.1 Å². The van der Waals surface area contributed by atoms with Crippen molar-refractivity contribution in [1.29, 1.82) is 0 Å². The molecule has 3 rings (SSSR count). The number of nitrogens with zero attached hydrogens (tertiary/aromatic N) is 1. The summed E-state index contributed by atoms with van der Waals surface area (Å²) in [7, 11) is -7.56. The van der Waals surface area contributed by atoms with Crippen molar-refractivity contribution in [2.24, 2.45) is 0 Å². The third-order valence-electron chi connectivity index (χ3n) is 5.05. The smallest absolute Gasteiger partial charge is 0.344 e. The van der Waals surface area contributed by atoms with Gasteiger partial charge in [-0.3, -0.25) is 4.72 Å². The predicted octanol–water partition coefficient (Wildman–Crippen LogP) is 4.27. The fourth-order valence-electron chi connectivity index (χ4n) is 3.31. The maximum absolute atomic E-state index is 12.1. The number of aryl methyl sites for hydroxylation is 3. The Morgan fingerprint density at radius 2 is 1.61 bits per heavy atom. The Labute approximate surface area is 196 Å². The van der Waals surface area contributed by atoms with Gasteiger partial charge in [-0.1, -0.05) is 43.9 Å². The van der Waals surface area contributed by atoms with E-state index in [-0.39, 0.29) is 10.6 Å². The lowest BCUT2D eigenvalue weighted by molar-refractivity contribution is -0.679. The summed E-state index contributed by atoms with van der Waals surface area (Å²) in [6.07, 6.45) is 3.83. The number of hydrogen-bond acceptors (Lipinski definition) is 6. The summed E-state index contributed by atoms with van der Waals surface area (Å²) in [5, 5.41) is 0. The molecule has 33 heavy (non-hydrogen) atoms. The van der Waals surface area contributed by atoms with E-state index in [1.54, 1.807) is 18.2 Å². The van der Waals surface area contributed by atoms with Crippen LogP contribution in [0.3, 0.4) is 0 Å². The fraction of sp³-hybridized carbons (Fsp3) is 0.435. The Kier molecular flexibility index (Phi) is 9.45. The number of oxazole rings is 1. The number of fused-ring (bicyclic) bond motifs is 1. The van der Waals surface area contributed by atoms with Crippen LogP contribution in [0.1, 0.15) is 51.0 Å². The zero-order valence-corrected chi connectivity index (χ0v) is 21.1. The van der Waals surface area contributed by atoms with Crippen LogP contribution in [0.25, 0.3) is 11.1 Å². The third-order valence-corrected chi connectivity index (χ3v) is 7.28. The van der Waals surface area contributed by atoms with Crippen LogP contribution in [0.5, 0.6) is 0 Å². The highest BCUT2D eigenvalue weighted by Crippen LogP contribution is 2.20. The normalized spacial score (nSPS) is 11.8. The van der Waals surface area contributed by atoms with Gasteiger partial charge in [0.05, 0.1) is 23.3 Å². The molecular weight excluding hydrogens is 464 g/mol. The van der Waals surface area contributed by atoms with Gasteiger partial charge in [0, 0.05) is 6.07 Å². The Morgan fingerprint density at radius 3 is 2.18 bits per heavy atom. The molecule has 10 heteroatoms. The molecule has 0 aliphatic rings. The maximum Gasteiger partial charge on any atom is 0.344 e. The van der Waals surface area contributed by atoms with Crippen molar-refractivity contribution in [3.63, 3.8) is 0 Å². The summed E-state index contributed by atoms with van der Waals surface area (Å²) >= 11 is 0. The Morgan fingerprint density at radius 1 is 0.939 bits per heavy atom. The van der Waals surface area contributed by atoms with Gasteiger partial charge in [0.1, 0.15) is 16.7 Å². The molecule has 2 aromatic carbocycles. The number of sulfonamides is 1. The van der Waals surface area contributed by atoms with Gasteiger partial charge < -0.3 is 8.97 Å². The quantitative estimate of drug-likeness (QED) is 0.268. The van der Waals surface area contributed by atoms with E-state index in [4.69, 9.17) is 4.42 Å². The standard InChI is InChI=1S/C16H25N2O3S.C7H8O3S/c1-4-6-7-8-11-22(19,20)17-14-9-10-16-15(12-14)18(5-2)13(3)21-16;1-6-2-4-7(5-3-6)11(8,9)10/h9-10,12,17H,4-8,11H2,1-3H3;2-5H,1H3,(H,8,9,10)/q+1;/p-1. The van der Waals surface area contributed by atoms with Gasteiger partial charge in [0.15, 0.2) is 0 Å². The van der Waals surface area contributed by atoms with Crippen molar-refractivity contribution < 1.29 is 30.4 Å². The molecule has 0 bridgehead atoms. The first kappa shape index (κ1) is 26.8. The van der Waals surface area contributed by atoms with E-state index in [2.05, 4.69) is 11.6 Å². The van der Waals surface area contributed by atoms with E-state index in [1.807, 2.05) is 37.5 Å². The maximum atomic E-state index is 12.1. The van der Waals surface area contributed by atoms with Crippen molar-refractivity contribution >= 4 is 36.9 Å². The summed E-state index contributed by atoms with van der Waals surface area (Å²) in [5.74, 6) is 0.987. The van der Waals surface area contributed by atoms with Crippen LogP contribution in [0.15, 0.2) is 51.8 Å². The summed E-state index contributed by atoms with van der Waals surface area (Å²) in [6, 6.07) is 11.2. The van der Waals surface area contributed by atoms with Crippen molar-refractivity contribution in [2.45, 2.75) is 64.8 Å². The van der Waals surface area contributed by atoms with Crippen LogP contribution >= 0.6 is 0 Å². The molecule has 0 aliphatic carbocycles. The Hall–Kier alpha value is -2.43. The van der Waals surface area contributed by atoms with Gasteiger partial charge in [-0.15, -0.1) is 0 Å². The molecule has 0 amide bonds. The molecule has 1 heterocycles. The minimum absolute atomic E-state index is 0.170. The molecule has 8 nitrogen and oxygen atoms in total. The lowest BCUT2D eigenvalue weighted by Crippen LogP contribution is -2.33. The Bertz CT molecular complexity index is 1260.